The van der Waals surface area contributed by atoms with E-state index in [0.717, 1.165) is 25.5 Å². The quantitative estimate of drug-likeness (QED) is 0.0930. The lowest BCUT2D eigenvalue weighted by Gasteiger charge is -2.21. The average Bonchev–Trinajstić information content (AvgIpc) is 3.31. The normalized spacial score (nSPS) is 23.7. The summed E-state index contributed by atoms with van der Waals surface area (Å²) in [6, 6.07) is 0.130. The van der Waals surface area contributed by atoms with Gasteiger partial charge in [-0.15, -0.1) is 0 Å². The van der Waals surface area contributed by atoms with Gasteiger partial charge in [-0.05, 0) is 19.8 Å². The Morgan fingerprint density at radius 1 is 1.15 bits per heavy atom. The number of ether oxygens (including phenoxy) is 2. The van der Waals surface area contributed by atoms with Gasteiger partial charge in [0.2, 0.25) is 5.91 Å². The number of unbranched alkanes of at least 4 members (excludes halogenated alkanes) is 1. The highest BCUT2D eigenvalue weighted by atomic mass is 32.2. The Morgan fingerprint density at radius 2 is 1.91 bits per heavy atom. The molecule has 0 aromatic rings. The van der Waals surface area contributed by atoms with Gasteiger partial charge in [-0.25, -0.2) is 14.8 Å². The maximum atomic E-state index is 12.7. The Balaban J connectivity index is 1.71. The van der Waals surface area contributed by atoms with Crippen LogP contribution in [-0.2, 0) is 42.1 Å². The van der Waals surface area contributed by atoms with E-state index in [1.807, 2.05) is 0 Å². The number of nitrogens with one attached hydrogen (secondary N) is 3. The molecule has 2 heterocycles. The molecule has 0 saturated carbocycles. The molecule has 0 radical (unpaired) electrons. The van der Waals surface area contributed by atoms with E-state index in [0.29, 0.717) is 11.7 Å². The first-order chi connectivity index (χ1) is 16.1. The Bertz CT molecular complexity index is 785. The van der Waals surface area contributed by atoms with Crippen LogP contribution in [0.5, 0.6) is 0 Å². The second-order valence-corrected chi connectivity index (χ2v) is 10.5. The summed E-state index contributed by atoms with van der Waals surface area (Å²) in [6.45, 7) is 3.09. The van der Waals surface area contributed by atoms with Gasteiger partial charge in [0, 0.05) is 31.3 Å². The van der Waals surface area contributed by atoms with Gasteiger partial charge in [-0.2, -0.15) is 16.4 Å². The summed E-state index contributed by atoms with van der Waals surface area (Å²) in [5.41, 5.74) is 2.08. The van der Waals surface area contributed by atoms with Gasteiger partial charge in [-0.1, -0.05) is 6.42 Å². The van der Waals surface area contributed by atoms with E-state index < -0.39 is 38.4 Å². The van der Waals surface area contributed by atoms with Crippen LogP contribution in [0.25, 0.3) is 0 Å². The fourth-order valence-electron chi connectivity index (χ4n) is 3.42. The van der Waals surface area contributed by atoms with Crippen LogP contribution in [0.2, 0.25) is 0 Å². The van der Waals surface area contributed by atoms with Gasteiger partial charge in [0.05, 0.1) is 25.3 Å². The third kappa shape index (κ3) is 9.79. The van der Waals surface area contributed by atoms with Crippen molar-refractivity contribution in [1.29, 1.82) is 0 Å². The summed E-state index contributed by atoms with van der Waals surface area (Å²) < 4.78 is 37.5. The van der Waals surface area contributed by atoms with E-state index in [-0.39, 0.29) is 37.7 Å². The minimum absolute atomic E-state index is 0.0397. The summed E-state index contributed by atoms with van der Waals surface area (Å²) in [5, 5.41) is 6.11. The highest BCUT2D eigenvalue weighted by molar-refractivity contribution is 8.00. The molecule has 34 heavy (non-hydrogen) atoms. The third-order valence-electron chi connectivity index (χ3n) is 4.86. The third-order valence-corrected chi connectivity index (χ3v) is 7.73. The van der Waals surface area contributed by atoms with Crippen LogP contribution in [0.4, 0.5) is 4.79 Å². The predicted octanol–water partition coefficient (Wildman–Crippen LogP) is 1.42. The number of carbonyl (C=O) groups excluding carboxylic acids is 4. The lowest BCUT2D eigenvalue weighted by Crippen LogP contribution is -2.36. The maximum absolute atomic E-state index is 12.7. The lowest BCUT2D eigenvalue weighted by atomic mass is 10.0. The summed E-state index contributed by atoms with van der Waals surface area (Å²) in [6.07, 6.45) is 1.28. The average molecular weight is 526 g/mol. The van der Waals surface area contributed by atoms with Gasteiger partial charge in [0.25, 0.3) is 0 Å². The van der Waals surface area contributed by atoms with E-state index in [1.165, 1.54) is 6.92 Å². The van der Waals surface area contributed by atoms with Crippen LogP contribution < -0.4 is 16.1 Å². The molecule has 0 spiro atoms. The largest absolute Gasteiger partial charge is 0.496 e. The Hall–Kier alpha value is -1.86. The molecule has 5 atom stereocenters. The van der Waals surface area contributed by atoms with Gasteiger partial charge >= 0.3 is 25.8 Å². The highest BCUT2D eigenvalue weighted by Crippen LogP contribution is 2.48. The van der Waals surface area contributed by atoms with Crippen molar-refractivity contribution < 1.29 is 46.9 Å². The Labute approximate surface area is 202 Å². The molecule has 2 aliphatic rings. The predicted molar refractivity (Wildman–Crippen MR) is 121 cm³/mol. The molecule has 3 amide bonds. The van der Waals surface area contributed by atoms with E-state index in [9.17, 15) is 23.7 Å². The highest BCUT2D eigenvalue weighted by Gasteiger charge is 2.42. The van der Waals surface area contributed by atoms with Crippen molar-refractivity contribution in [2.75, 3.05) is 25.6 Å². The van der Waals surface area contributed by atoms with Crippen LogP contribution in [0, 0.1) is 0 Å². The van der Waals surface area contributed by atoms with Crippen molar-refractivity contribution in [1.82, 2.24) is 16.1 Å². The van der Waals surface area contributed by atoms with Gasteiger partial charge in [-0.3, -0.25) is 23.4 Å². The number of thioether (sulfide) groups is 1. The van der Waals surface area contributed by atoms with Crippen molar-refractivity contribution >= 4 is 43.5 Å². The number of hydroxylamine groups is 1. The summed E-state index contributed by atoms with van der Waals surface area (Å²) >= 11 is 1.80. The number of carbonyl (C=O) groups is 4. The maximum Gasteiger partial charge on any atom is 0.496 e. The number of hydrogen-bond acceptors (Lipinski definition) is 11. The van der Waals surface area contributed by atoms with Crippen molar-refractivity contribution in [3.05, 3.63) is 0 Å². The Morgan fingerprint density at radius 3 is 2.59 bits per heavy atom. The number of phosphoric ester groups is 1. The zero-order valence-electron chi connectivity index (χ0n) is 19.4. The molecule has 2 aliphatic heterocycles. The van der Waals surface area contributed by atoms with Gasteiger partial charge in [0.1, 0.15) is 6.61 Å². The number of esters is 2. The SMILES string of the molecule is CCOP(=O)(OCC(COC(C)=O)OC(C)=O)ONC(=O)CCCCC1SC[C@@H]2NC(=O)N[C@H]12. The van der Waals surface area contributed by atoms with Crippen LogP contribution in [-0.4, -0.2) is 72.9 Å². The molecule has 0 aromatic carbocycles. The first kappa shape index (κ1) is 28.4. The zero-order valence-corrected chi connectivity index (χ0v) is 21.1. The molecular weight excluding hydrogens is 493 g/mol. The monoisotopic (exact) mass is 525 g/mol. The van der Waals surface area contributed by atoms with Crippen molar-refractivity contribution in [2.24, 2.45) is 0 Å². The first-order valence-electron chi connectivity index (χ1n) is 11.0. The number of fused-ring (bicyclic) bond motifs is 1. The summed E-state index contributed by atoms with van der Waals surface area (Å²) in [4.78, 5) is 45.7. The number of phosphoric acid groups is 1. The van der Waals surface area contributed by atoms with E-state index in [2.05, 4.69) is 16.1 Å². The van der Waals surface area contributed by atoms with Gasteiger partial charge in [0.15, 0.2) is 6.10 Å². The van der Waals surface area contributed by atoms with E-state index >= 15 is 0 Å². The van der Waals surface area contributed by atoms with Crippen molar-refractivity contribution in [3.8, 4) is 0 Å². The van der Waals surface area contributed by atoms with Gasteiger partial charge < -0.3 is 20.1 Å². The molecule has 3 N–H and O–H groups in total. The first-order valence-corrected chi connectivity index (χ1v) is 13.5. The molecule has 0 bridgehead atoms. The van der Waals surface area contributed by atoms with Crippen molar-refractivity contribution in [3.63, 3.8) is 0 Å². The lowest BCUT2D eigenvalue weighted by molar-refractivity contribution is -0.158. The van der Waals surface area contributed by atoms with Crippen LogP contribution in [0.15, 0.2) is 0 Å². The second-order valence-electron chi connectivity index (χ2n) is 7.68. The fourth-order valence-corrected chi connectivity index (χ4v) is 6.02. The van der Waals surface area contributed by atoms with Crippen molar-refractivity contribution in [2.45, 2.75) is 69.9 Å². The number of hydrogen-bond donors (Lipinski definition) is 3. The minimum atomic E-state index is -4.21. The molecule has 13 nitrogen and oxygen atoms in total. The molecule has 2 fully saturated rings. The molecule has 2 rings (SSSR count). The number of urea groups is 1. The standard InChI is InChI=1S/C19H32N3O10PS/c1-4-29-33(27,30-10-14(31-13(3)24)9-28-12(2)23)32-22-17(25)8-6-5-7-16-18-15(11-34-16)20-19(26)21-18/h14-16,18H,4-11H2,1-3H3,(H,22,25)(H2,20,21,26)/t14?,15-,16?,18-,33?/m0/s1. The van der Waals surface area contributed by atoms with E-state index in [4.69, 9.17) is 23.1 Å². The fraction of sp³-hybridized carbons (Fsp3) is 0.789. The molecule has 3 unspecified atom stereocenters. The van der Waals surface area contributed by atoms with Crippen LogP contribution in [0.3, 0.4) is 0 Å². The second kappa shape index (κ2) is 13.9. The molecular formula is C19H32N3O10PS. The minimum Gasteiger partial charge on any atom is -0.462 e. The van der Waals surface area contributed by atoms with Crippen LogP contribution in [0.1, 0.15) is 46.5 Å². The molecule has 15 heteroatoms. The smallest absolute Gasteiger partial charge is 0.462 e. The topological polar surface area (TPSA) is 168 Å². The number of rotatable bonds is 15. The zero-order chi connectivity index (χ0) is 25.1. The molecule has 0 aliphatic carbocycles. The summed E-state index contributed by atoms with van der Waals surface area (Å²) in [5.74, 6) is -0.884. The summed E-state index contributed by atoms with van der Waals surface area (Å²) in [7, 11) is -4.21. The Kier molecular flexibility index (Phi) is 11.6. The van der Waals surface area contributed by atoms with Crippen LogP contribution >= 0.6 is 19.6 Å². The van der Waals surface area contributed by atoms with E-state index in [1.54, 1.807) is 18.7 Å². The number of amides is 3. The molecule has 2 saturated heterocycles. The molecule has 194 valence electrons. The molecule has 0 aromatic heterocycles.